The smallest absolute Gasteiger partial charge is 0.315 e. The summed E-state index contributed by atoms with van der Waals surface area (Å²) in [5.41, 5.74) is 2.98. The van der Waals surface area contributed by atoms with Gasteiger partial charge in [0, 0.05) is 6.20 Å². The molecule has 6 nitrogen and oxygen atoms in total. The minimum absolute atomic E-state index is 0.138. The molecule has 2 heterocycles. The van der Waals surface area contributed by atoms with Crippen molar-refractivity contribution in [2.45, 2.75) is 25.4 Å². The van der Waals surface area contributed by atoms with Crippen molar-refractivity contribution in [2.24, 2.45) is 0 Å². The molecule has 146 valence electrons. The van der Waals surface area contributed by atoms with Crippen molar-refractivity contribution in [2.75, 3.05) is 0 Å². The number of urea groups is 1. The van der Waals surface area contributed by atoms with E-state index in [9.17, 15) is 4.79 Å². The maximum atomic E-state index is 12.8. The van der Waals surface area contributed by atoms with Crippen LogP contribution in [0.1, 0.15) is 36.0 Å². The molecule has 2 aromatic heterocycles. The Kier molecular flexibility index (Phi) is 5.52. The summed E-state index contributed by atoms with van der Waals surface area (Å²) in [5.74, 6) is 0.690. The number of aromatic nitrogens is 3. The Morgan fingerprint density at radius 2 is 1.59 bits per heavy atom. The standard InChI is InChI=1S/C23H23N5O/c1-17(22-27-26-21-14-8-9-15-28(21)22)24-23(29)25-20(19-12-6-3-7-13-19)16-18-10-4-2-5-11-18/h2-15,17,20H,16H2,1H3,(H2,24,25,29)/t17-,20-/m1/s1. The highest BCUT2D eigenvalue weighted by Gasteiger charge is 2.19. The zero-order valence-corrected chi connectivity index (χ0v) is 16.2. The van der Waals surface area contributed by atoms with E-state index >= 15 is 0 Å². The number of amides is 2. The first kappa shape index (κ1) is 18.7. The van der Waals surface area contributed by atoms with Crippen molar-refractivity contribution in [3.63, 3.8) is 0 Å². The minimum atomic E-state index is -0.291. The highest BCUT2D eigenvalue weighted by molar-refractivity contribution is 5.75. The SMILES string of the molecule is C[C@@H](NC(=O)N[C@H](Cc1ccccc1)c1ccccc1)c1nnc2ccccn12. The lowest BCUT2D eigenvalue weighted by atomic mass is 9.99. The molecule has 0 saturated heterocycles. The van der Waals surface area contributed by atoms with Crippen molar-refractivity contribution < 1.29 is 4.79 Å². The number of carbonyl (C=O) groups excluding carboxylic acids is 1. The van der Waals surface area contributed by atoms with Crippen LogP contribution in [0.15, 0.2) is 85.1 Å². The fourth-order valence-electron chi connectivity index (χ4n) is 3.40. The molecule has 0 aliphatic rings. The van der Waals surface area contributed by atoms with Crippen molar-refractivity contribution in [1.29, 1.82) is 0 Å². The summed E-state index contributed by atoms with van der Waals surface area (Å²) in [4.78, 5) is 12.8. The van der Waals surface area contributed by atoms with E-state index in [0.29, 0.717) is 12.2 Å². The first-order chi connectivity index (χ1) is 14.2. The monoisotopic (exact) mass is 385 g/mol. The predicted molar refractivity (Wildman–Crippen MR) is 112 cm³/mol. The average molecular weight is 385 g/mol. The molecular weight excluding hydrogens is 362 g/mol. The molecule has 0 saturated carbocycles. The zero-order chi connectivity index (χ0) is 20.1. The Balaban J connectivity index is 1.49. The third-order valence-electron chi connectivity index (χ3n) is 4.86. The van der Waals surface area contributed by atoms with E-state index < -0.39 is 0 Å². The zero-order valence-electron chi connectivity index (χ0n) is 16.2. The Morgan fingerprint density at radius 3 is 2.34 bits per heavy atom. The minimum Gasteiger partial charge on any atom is -0.331 e. The molecule has 2 aromatic carbocycles. The van der Waals surface area contributed by atoms with E-state index in [-0.39, 0.29) is 18.1 Å². The first-order valence-electron chi connectivity index (χ1n) is 9.66. The summed E-state index contributed by atoms with van der Waals surface area (Å²) < 4.78 is 1.88. The highest BCUT2D eigenvalue weighted by Crippen LogP contribution is 2.19. The number of nitrogens with zero attached hydrogens (tertiary/aromatic N) is 3. The van der Waals surface area contributed by atoms with Crippen LogP contribution in [0.3, 0.4) is 0 Å². The molecular formula is C23H23N5O. The van der Waals surface area contributed by atoms with Crippen LogP contribution >= 0.6 is 0 Å². The molecule has 0 aliphatic carbocycles. The van der Waals surface area contributed by atoms with Crippen molar-refractivity contribution >= 4 is 11.7 Å². The van der Waals surface area contributed by atoms with Crippen molar-refractivity contribution in [3.05, 3.63) is 102 Å². The molecule has 29 heavy (non-hydrogen) atoms. The molecule has 0 bridgehead atoms. The number of nitrogens with one attached hydrogen (secondary N) is 2. The fourth-order valence-corrected chi connectivity index (χ4v) is 3.40. The van der Waals surface area contributed by atoms with Crippen LogP contribution < -0.4 is 10.6 Å². The lowest BCUT2D eigenvalue weighted by molar-refractivity contribution is 0.233. The summed E-state index contributed by atoms with van der Waals surface area (Å²) in [6.07, 6.45) is 2.60. The second-order valence-corrected chi connectivity index (χ2v) is 6.98. The van der Waals surface area contributed by atoms with E-state index in [1.807, 2.05) is 84.3 Å². The summed E-state index contributed by atoms with van der Waals surface area (Å²) in [7, 11) is 0. The molecule has 2 N–H and O–H groups in total. The Bertz CT molecular complexity index is 1080. The van der Waals surface area contributed by atoms with Crippen LogP contribution in [0.4, 0.5) is 4.79 Å². The third-order valence-corrected chi connectivity index (χ3v) is 4.86. The van der Waals surface area contributed by atoms with E-state index in [1.54, 1.807) is 0 Å². The number of benzene rings is 2. The van der Waals surface area contributed by atoms with Gasteiger partial charge in [-0.25, -0.2) is 4.79 Å². The van der Waals surface area contributed by atoms with Gasteiger partial charge in [0.05, 0.1) is 12.1 Å². The molecule has 0 fully saturated rings. The third kappa shape index (κ3) is 4.43. The van der Waals surface area contributed by atoms with Gasteiger partial charge in [-0.3, -0.25) is 4.40 Å². The van der Waals surface area contributed by atoms with Crippen LogP contribution in [0.5, 0.6) is 0 Å². The number of fused-ring (bicyclic) bond motifs is 1. The lowest BCUT2D eigenvalue weighted by Crippen LogP contribution is -2.40. The van der Waals surface area contributed by atoms with Crippen LogP contribution in [0, 0.1) is 0 Å². The summed E-state index contributed by atoms with van der Waals surface area (Å²) >= 11 is 0. The maximum Gasteiger partial charge on any atom is 0.315 e. The summed E-state index contributed by atoms with van der Waals surface area (Å²) in [6.45, 7) is 1.90. The van der Waals surface area contributed by atoms with Crippen LogP contribution in [-0.2, 0) is 6.42 Å². The van der Waals surface area contributed by atoms with Gasteiger partial charge in [0.25, 0.3) is 0 Å². The second kappa shape index (κ2) is 8.56. The van der Waals surface area contributed by atoms with Gasteiger partial charge < -0.3 is 10.6 Å². The van der Waals surface area contributed by atoms with E-state index in [2.05, 4.69) is 33.0 Å². The summed E-state index contributed by atoms with van der Waals surface area (Å²) in [5, 5.41) is 14.5. The number of pyridine rings is 1. The molecule has 2 amide bonds. The predicted octanol–water partition coefficient (Wildman–Crippen LogP) is 4.07. The summed E-state index contributed by atoms with van der Waals surface area (Å²) in [6, 6.07) is 25.2. The van der Waals surface area contributed by atoms with E-state index in [4.69, 9.17) is 0 Å². The maximum absolute atomic E-state index is 12.8. The molecule has 4 rings (SSSR count). The van der Waals surface area contributed by atoms with Gasteiger partial charge >= 0.3 is 6.03 Å². The fraction of sp³-hybridized carbons (Fsp3) is 0.174. The number of hydrogen-bond acceptors (Lipinski definition) is 3. The van der Waals surface area contributed by atoms with Gasteiger partial charge in [0.1, 0.15) is 0 Å². The number of carbonyl (C=O) groups is 1. The van der Waals surface area contributed by atoms with Crippen LogP contribution in [0.2, 0.25) is 0 Å². The van der Waals surface area contributed by atoms with Crippen LogP contribution in [-0.4, -0.2) is 20.6 Å². The first-order valence-corrected chi connectivity index (χ1v) is 9.66. The number of hydrogen-bond donors (Lipinski definition) is 2. The van der Waals surface area contributed by atoms with Crippen molar-refractivity contribution in [1.82, 2.24) is 25.2 Å². The normalized spacial score (nSPS) is 13.0. The van der Waals surface area contributed by atoms with Crippen molar-refractivity contribution in [3.8, 4) is 0 Å². The second-order valence-electron chi connectivity index (χ2n) is 6.98. The van der Waals surface area contributed by atoms with Gasteiger partial charge in [0.15, 0.2) is 11.5 Å². The van der Waals surface area contributed by atoms with E-state index in [1.165, 1.54) is 0 Å². The Morgan fingerprint density at radius 1 is 0.897 bits per heavy atom. The molecule has 6 heteroatoms. The average Bonchev–Trinajstić information content (AvgIpc) is 3.19. The molecule has 0 spiro atoms. The quantitative estimate of drug-likeness (QED) is 0.525. The van der Waals surface area contributed by atoms with Gasteiger partial charge in [-0.2, -0.15) is 0 Å². The van der Waals surface area contributed by atoms with Gasteiger partial charge in [-0.15, -0.1) is 10.2 Å². The Labute approximate surface area is 169 Å². The topological polar surface area (TPSA) is 71.3 Å². The Hall–Kier alpha value is -3.67. The molecule has 0 radical (unpaired) electrons. The molecule has 4 aromatic rings. The molecule has 0 aliphatic heterocycles. The largest absolute Gasteiger partial charge is 0.331 e. The highest BCUT2D eigenvalue weighted by atomic mass is 16.2. The number of rotatable bonds is 6. The van der Waals surface area contributed by atoms with E-state index in [0.717, 1.165) is 16.8 Å². The lowest BCUT2D eigenvalue weighted by Gasteiger charge is -2.21. The van der Waals surface area contributed by atoms with Gasteiger partial charge in [-0.1, -0.05) is 66.7 Å². The van der Waals surface area contributed by atoms with Crippen LogP contribution in [0.25, 0.3) is 5.65 Å². The molecule has 0 unspecified atom stereocenters. The van der Waals surface area contributed by atoms with Gasteiger partial charge in [0.2, 0.25) is 0 Å². The molecule has 2 atom stereocenters. The van der Waals surface area contributed by atoms with Gasteiger partial charge in [-0.05, 0) is 36.6 Å².